The molecule has 1 aromatic carbocycles. The minimum atomic E-state index is -4.79. The van der Waals surface area contributed by atoms with Gasteiger partial charge in [-0.2, -0.15) is 13.2 Å². The number of nitrogens with two attached hydrogens (primary N) is 1. The Morgan fingerprint density at radius 2 is 1.75 bits per heavy atom. The van der Waals surface area contributed by atoms with Crippen molar-refractivity contribution in [3.8, 4) is 11.1 Å². The molecule has 3 nitrogen and oxygen atoms in total. The maximum atomic E-state index is 13.2. The van der Waals surface area contributed by atoms with Crippen molar-refractivity contribution in [3.63, 3.8) is 0 Å². The summed E-state index contributed by atoms with van der Waals surface area (Å²) in [6.07, 6.45) is -3.55. The number of carbonyl (C=O) groups is 1. The Labute approximate surface area is 111 Å². The van der Waals surface area contributed by atoms with E-state index in [0.717, 1.165) is 6.07 Å². The van der Waals surface area contributed by atoms with Crippen LogP contribution in [-0.4, -0.2) is 10.9 Å². The van der Waals surface area contributed by atoms with Gasteiger partial charge in [-0.25, -0.2) is 4.39 Å². The molecule has 0 fully saturated rings. The van der Waals surface area contributed by atoms with Crippen LogP contribution in [0.5, 0.6) is 0 Å². The van der Waals surface area contributed by atoms with Crippen LogP contribution in [0.15, 0.2) is 36.5 Å². The van der Waals surface area contributed by atoms with Crippen LogP contribution in [0.1, 0.15) is 16.1 Å². The summed E-state index contributed by atoms with van der Waals surface area (Å²) >= 11 is 0. The molecule has 2 aromatic rings. The summed E-state index contributed by atoms with van der Waals surface area (Å²) in [4.78, 5) is 14.7. The van der Waals surface area contributed by atoms with Gasteiger partial charge < -0.3 is 5.73 Å². The van der Waals surface area contributed by atoms with Crippen molar-refractivity contribution < 1.29 is 22.4 Å². The summed E-state index contributed by atoms with van der Waals surface area (Å²) in [5, 5.41) is 0. The van der Waals surface area contributed by atoms with Crippen molar-refractivity contribution in [2.24, 2.45) is 5.73 Å². The van der Waals surface area contributed by atoms with Gasteiger partial charge in [-0.15, -0.1) is 0 Å². The zero-order valence-electron chi connectivity index (χ0n) is 9.91. The van der Waals surface area contributed by atoms with Gasteiger partial charge in [0.1, 0.15) is 11.5 Å². The molecule has 0 atom stereocenters. The van der Waals surface area contributed by atoms with Crippen LogP contribution < -0.4 is 5.73 Å². The van der Waals surface area contributed by atoms with Crippen LogP contribution in [0.2, 0.25) is 0 Å². The van der Waals surface area contributed by atoms with Crippen LogP contribution >= 0.6 is 0 Å². The van der Waals surface area contributed by atoms with Crippen LogP contribution in [0, 0.1) is 5.82 Å². The third kappa shape index (κ3) is 2.76. The van der Waals surface area contributed by atoms with E-state index < -0.39 is 23.5 Å². The number of nitrogens with zero attached hydrogens (tertiary/aromatic N) is 1. The second-order valence-electron chi connectivity index (χ2n) is 3.99. The smallest absolute Gasteiger partial charge is 0.364 e. The summed E-state index contributed by atoms with van der Waals surface area (Å²) in [7, 11) is 0. The Bertz CT molecular complexity index is 668. The standard InChI is InChI=1S/C13H8F4N2O/c14-10-2-1-7(5-9(10)13(15,16)17)8-3-4-19-11(6-8)12(18)20/h1-6H,(H2,18,20). The van der Waals surface area contributed by atoms with E-state index in [1.807, 2.05) is 0 Å². The van der Waals surface area contributed by atoms with Crippen molar-refractivity contribution >= 4 is 5.91 Å². The molecule has 0 saturated heterocycles. The Morgan fingerprint density at radius 3 is 2.35 bits per heavy atom. The molecule has 1 heterocycles. The van der Waals surface area contributed by atoms with Gasteiger partial charge in [-0.05, 0) is 35.4 Å². The van der Waals surface area contributed by atoms with E-state index in [1.54, 1.807) is 0 Å². The SMILES string of the molecule is NC(=O)c1cc(-c2ccc(F)c(C(F)(F)F)c2)ccn1. The minimum Gasteiger partial charge on any atom is -0.364 e. The van der Waals surface area contributed by atoms with Crippen LogP contribution in [0.4, 0.5) is 17.6 Å². The molecule has 0 unspecified atom stereocenters. The van der Waals surface area contributed by atoms with Crippen LogP contribution in [0.25, 0.3) is 11.1 Å². The van der Waals surface area contributed by atoms with Gasteiger partial charge in [0, 0.05) is 6.20 Å². The van der Waals surface area contributed by atoms with Gasteiger partial charge in [0.2, 0.25) is 0 Å². The second kappa shape index (κ2) is 4.92. The number of hydrogen-bond acceptors (Lipinski definition) is 2. The lowest BCUT2D eigenvalue weighted by Gasteiger charge is -2.10. The maximum absolute atomic E-state index is 13.2. The summed E-state index contributed by atoms with van der Waals surface area (Å²) in [6, 6.07) is 5.23. The lowest BCUT2D eigenvalue weighted by atomic mass is 10.0. The zero-order chi connectivity index (χ0) is 14.9. The molecule has 2 rings (SSSR count). The largest absolute Gasteiger partial charge is 0.419 e. The predicted octanol–water partition coefficient (Wildman–Crippen LogP) is 3.01. The summed E-state index contributed by atoms with van der Waals surface area (Å²) in [5.41, 5.74) is 4.00. The average molecular weight is 284 g/mol. The highest BCUT2D eigenvalue weighted by atomic mass is 19.4. The van der Waals surface area contributed by atoms with Gasteiger partial charge in [0.25, 0.3) is 5.91 Å². The highest BCUT2D eigenvalue weighted by Crippen LogP contribution is 2.34. The van der Waals surface area contributed by atoms with E-state index in [9.17, 15) is 22.4 Å². The van der Waals surface area contributed by atoms with E-state index in [1.165, 1.54) is 24.4 Å². The zero-order valence-corrected chi connectivity index (χ0v) is 9.91. The Hall–Kier alpha value is -2.44. The molecule has 0 saturated carbocycles. The predicted molar refractivity (Wildman–Crippen MR) is 63.2 cm³/mol. The molecule has 2 N–H and O–H groups in total. The first-order valence-electron chi connectivity index (χ1n) is 5.42. The van der Waals surface area contributed by atoms with Crippen molar-refractivity contribution in [1.29, 1.82) is 0 Å². The molecule has 0 bridgehead atoms. The van der Waals surface area contributed by atoms with E-state index >= 15 is 0 Å². The molecule has 0 aliphatic heterocycles. The number of halogens is 4. The van der Waals surface area contributed by atoms with Crippen molar-refractivity contribution in [3.05, 3.63) is 53.6 Å². The third-order valence-corrected chi connectivity index (χ3v) is 2.62. The number of benzene rings is 1. The van der Waals surface area contributed by atoms with Gasteiger partial charge in [-0.3, -0.25) is 9.78 Å². The molecule has 20 heavy (non-hydrogen) atoms. The number of aromatic nitrogens is 1. The lowest BCUT2D eigenvalue weighted by molar-refractivity contribution is -0.139. The first kappa shape index (κ1) is 14.0. The van der Waals surface area contributed by atoms with Gasteiger partial charge in [0.05, 0.1) is 5.56 Å². The van der Waals surface area contributed by atoms with E-state index in [-0.39, 0.29) is 11.3 Å². The summed E-state index contributed by atoms with van der Waals surface area (Å²) in [5.74, 6) is -2.16. The molecule has 0 radical (unpaired) electrons. The quantitative estimate of drug-likeness (QED) is 0.862. The van der Waals surface area contributed by atoms with Crippen molar-refractivity contribution in [2.45, 2.75) is 6.18 Å². The molecule has 1 amide bonds. The molecule has 104 valence electrons. The monoisotopic (exact) mass is 284 g/mol. The fourth-order valence-electron chi connectivity index (χ4n) is 1.67. The molecule has 0 aliphatic carbocycles. The topological polar surface area (TPSA) is 56.0 Å². The fourth-order valence-corrected chi connectivity index (χ4v) is 1.67. The molecule has 0 aliphatic rings. The first-order valence-corrected chi connectivity index (χ1v) is 5.42. The number of alkyl halides is 3. The molecule has 7 heteroatoms. The Morgan fingerprint density at radius 1 is 1.10 bits per heavy atom. The number of hydrogen-bond donors (Lipinski definition) is 1. The van der Waals surface area contributed by atoms with Gasteiger partial charge in [0.15, 0.2) is 0 Å². The van der Waals surface area contributed by atoms with Crippen molar-refractivity contribution in [1.82, 2.24) is 4.98 Å². The average Bonchev–Trinajstić information content (AvgIpc) is 2.38. The number of pyridine rings is 1. The Balaban J connectivity index is 2.54. The van der Waals surface area contributed by atoms with Crippen LogP contribution in [-0.2, 0) is 6.18 Å². The highest BCUT2D eigenvalue weighted by Gasteiger charge is 2.34. The Kier molecular flexibility index (Phi) is 3.44. The summed E-state index contributed by atoms with van der Waals surface area (Å²) in [6.45, 7) is 0. The molecule has 0 spiro atoms. The van der Waals surface area contributed by atoms with Gasteiger partial charge in [-0.1, -0.05) is 6.07 Å². The van der Waals surface area contributed by atoms with Crippen molar-refractivity contribution in [2.75, 3.05) is 0 Å². The van der Waals surface area contributed by atoms with E-state index in [2.05, 4.69) is 4.98 Å². The summed E-state index contributed by atoms with van der Waals surface area (Å²) < 4.78 is 51.1. The highest BCUT2D eigenvalue weighted by molar-refractivity contribution is 5.92. The number of amides is 1. The van der Waals surface area contributed by atoms with E-state index in [0.29, 0.717) is 11.6 Å². The second-order valence-corrected chi connectivity index (χ2v) is 3.99. The molecule has 1 aromatic heterocycles. The van der Waals surface area contributed by atoms with Gasteiger partial charge >= 0.3 is 6.18 Å². The maximum Gasteiger partial charge on any atom is 0.419 e. The number of carbonyl (C=O) groups excluding carboxylic acids is 1. The third-order valence-electron chi connectivity index (χ3n) is 2.62. The minimum absolute atomic E-state index is 0.0830. The number of rotatable bonds is 2. The van der Waals surface area contributed by atoms with Crippen LogP contribution in [0.3, 0.4) is 0 Å². The first-order chi connectivity index (χ1) is 9.29. The van der Waals surface area contributed by atoms with E-state index in [4.69, 9.17) is 5.73 Å². The number of primary amides is 1. The lowest BCUT2D eigenvalue weighted by Crippen LogP contribution is -2.12. The normalized spacial score (nSPS) is 11.4. The fraction of sp³-hybridized carbons (Fsp3) is 0.0769. The molecular weight excluding hydrogens is 276 g/mol. The molecular formula is C13H8F4N2O.